The van der Waals surface area contributed by atoms with Crippen molar-refractivity contribution in [3.05, 3.63) is 48.3 Å². The molecule has 1 aromatic carbocycles. The van der Waals surface area contributed by atoms with E-state index in [2.05, 4.69) is 15.7 Å². The van der Waals surface area contributed by atoms with Crippen LogP contribution in [0.3, 0.4) is 0 Å². The topological polar surface area (TPSA) is 76.0 Å². The molecule has 2 amide bonds. The van der Waals surface area contributed by atoms with Crippen LogP contribution in [-0.4, -0.2) is 28.1 Å². The molecule has 1 aliphatic rings. The lowest BCUT2D eigenvalue weighted by Gasteiger charge is -2.24. The summed E-state index contributed by atoms with van der Waals surface area (Å²) in [7, 11) is 0. The number of aryl methyl sites for hydroxylation is 1. The zero-order valence-electron chi connectivity index (χ0n) is 12.2. The van der Waals surface area contributed by atoms with Crippen molar-refractivity contribution in [3.8, 4) is 0 Å². The Bertz CT molecular complexity index is 667. The third-order valence-electron chi connectivity index (χ3n) is 3.74. The second-order valence-electron chi connectivity index (χ2n) is 5.31. The van der Waals surface area contributed by atoms with Crippen molar-refractivity contribution < 1.29 is 9.59 Å². The van der Waals surface area contributed by atoms with Crippen LogP contribution < -0.4 is 10.6 Å². The van der Waals surface area contributed by atoms with Gasteiger partial charge in [0, 0.05) is 37.6 Å². The molecule has 2 heterocycles. The number of nitrogens with one attached hydrogen (secondary N) is 2. The Morgan fingerprint density at radius 3 is 3.05 bits per heavy atom. The van der Waals surface area contributed by atoms with Crippen LogP contribution in [-0.2, 0) is 16.1 Å². The first-order chi connectivity index (χ1) is 10.7. The minimum Gasteiger partial charge on any atom is -0.355 e. The summed E-state index contributed by atoms with van der Waals surface area (Å²) in [6.07, 6.45) is 4.62. The van der Waals surface area contributed by atoms with Crippen LogP contribution in [0.15, 0.2) is 42.7 Å². The standard InChI is InChI=1S/C16H18N4O2/c21-15-11-13(12-5-1-2-6-14(12)19-15)16(22)17-7-3-9-20-10-4-8-18-20/h1-2,4-6,8,10,13H,3,7,9,11H2,(H,17,22)(H,19,21)/t13-/m1/s1. The fourth-order valence-electron chi connectivity index (χ4n) is 2.65. The van der Waals surface area contributed by atoms with Gasteiger partial charge in [-0.3, -0.25) is 14.3 Å². The molecule has 2 aromatic rings. The molecule has 0 fully saturated rings. The molecule has 6 heteroatoms. The number of hydrogen-bond acceptors (Lipinski definition) is 3. The van der Waals surface area contributed by atoms with Crippen molar-refractivity contribution in [1.29, 1.82) is 0 Å². The highest BCUT2D eigenvalue weighted by Gasteiger charge is 2.29. The first-order valence-corrected chi connectivity index (χ1v) is 7.38. The third-order valence-corrected chi connectivity index (χ3v) is 3.74. The first kappa shape index (κ1) is 14.3. The van der Waals surface area contributed by atoms with Crippen LogP contribution in [0.2, 0.25) is 0 Å². The van der Waals surface area contributed by atoms with Gasteiger partial charge in [0.25, 0.3) is 0 Å². The number of rotatable bonds is 5. The minimum absolute atomic E-state index is 0.0947. The van der Waals surface area contributed by atoms with Gasteiger partial charge in [-0.25, -0.2) is 0 Å². The van der Waals surface area contributed by atoms with Crippen molar-refractivity contribution in [2.75, 3.05) is 11.9 Å². The molecular weight excluding hydrogens is 280 g/mol. The molecule has 0 saturated heterocycles. The molecule has 1 atom stereocenters. The maximum Gasteiger partial charge on any atom is 0.228 e. The van der Waals surface area contributed by atoms with E-state index in [4.69, 9.17) is 0 Å². The summed E-state index contributed by atoms with van der Waals surface area (Å²) in [6, 6.07) is 9.32. The normalized spacial score (nSPS) is 16.7. The lowest BCUT2D eigenvalue weighted by atomic mass is 9.90. The van der Waals surface area contributed by atoms with E-state index in [-0.39, 0.29) is 18.2 Å². The summed E-state index contributed by atoms with van der Waals surface area (Å²) in [5.74, 6) is -0.618. The zero-order chi connectivity index (χ0) is 15.4. The van der Waals surface area contributed by atoms with Crippen molar-refractivity contribution in [2.45, 2.75) is 25.3 Å². The van der Waals surface area contributed by atoms with Crippen LogP contribution in [0.5, 0.6) is 0 Å². The summed E-state index contributed by atoms with van der Waals surface area (Å²) >= 11 is 0. The third kappa shape index (κ3) is 3.16. The van der Waals surface area contributed by atoms with Crippen LogP contribution in [0.25, 0.3) is 0 Å². The molecule has 6 nitrogen and oxygen atoms in total. The summed E-state index contributed by atoms with van der Waals surface area (Å²) in [4.78, 5) is 24.1. The quantitative estimate of drug-likeness (QED) is 0.822. The number of nitrogens with zero attached hydrogens (tertiary/aromatic N) is 2. The summed E-state index contributed by atoms with van der Waals surface area (Å²) in [5, 5.41) is 9.83. The van der Waals surface area contributed by atoms with Crippen molar-refractivity contribution in [3.63, 3.8) is 0 Å². The average Bonchev–Trinajstić information content (AvgIpc) is 3.04. The number of amides is 2. The van der Waals surface area contributed by atoms with Gasteiger partial charge in [-0.15, -0.1) is 0 Å². The van der Waals surface area contributed by atoms with Crippen LogP contribution in [0.1, 0.15) is 24.3 Å². The van der Waals surface area contributed by atoms with Crippen LogP contribution in [0, 0.1) is 0 Å². The van der Waals surface area contributed by atoms with E-state index in [0.717, 1.165) is 24.2 Å². The van der Waals surface area contributed by atoms with E-state index in [1.54, 1.807) is 6.20 Å². The molecule has 0 unspecified atom stereocenters. The molecule has 22 heavy (non-hydrogen) atoms. The lowest BCUT2D eigenvalue weighted by Crippen LogP contribution is -2.35. The van der Waals surface area contributed by atoms with Gasteiger partial charge >= 0.3 is 0 Å². The fraction of sp³-hybridized carbons (Fsp3) is 0.312. The molecule has 3 rings (SSSR count). The number of fused-ring (bicyclic) bond motifs is 1. The molecule has 1 aliphatic heterocycles. The Hall–Kier alpha value is -2.63. The predicted octanol–water partition coefficient (Wildman–Crippen LogP) is 1.52. The van der Waals surface area contributed by atoms with Crippen LogP contribution in [0.4, 0.5) is 5.69 Å². The van der Waals surface area contributed by atoms with Gasteiger partial charge in [-0.1, -0.05) is 18.2 Å². The predicted molar refractivity (Wildman–Crippen MR) is 82.3 cm³/mol. The second kappa shape index (κ2) is 6.43. The van der Waals surface area contributed by atoms with Crippen molar-refractivity contribution in [2.24, 2.45) is 0 Å². The molecule has 0 saturated carbocycles. The van der Waals surface area contributed by atoms with Gasteiger partial charge in [0.2, 0.25) is 11.8 Å². The molecular formula is C16H18N4O2. The minimum atomic E-state index is -0.408. The number of para-hydroxylation sites is 1. The highest BCUT2D eigenvalue weighted by Crippen LogP contribution is 2.31. The maximum atomic E-state index is 12.4. The first-order valence-electron chi connectivity index (χ1n) is 7.38. The highest BCUT2D eigenvalue weighted by atomic mass is 16.2. The lowest BCUT2D eigenvalue weighted by molar-refractivity contribution is -0.126. The van der Waals surface area contributed by atoms with Gasteiger partial charge in [0.1, 0.15) is 0 Å². The Morgan fingerprint density at radius 2 is 2.23 bits per heavy atom. The van der Waals surface area contributed by atoms with E-state index in [1.807, 2.05) is 41.2 Å². The molecule has 0 aliphatic carbocycles. The largest absolute Gasteiger partial charge is 0.355 e. The van der Waals surface area contributed by atoms with Crippen molar-refractivity contribution in [1.82, 2.24) is 15.1 Å². The van der Waals surface area contributed by atoms with Gasteiger partial charge in [-0.2, -0.15) is 5.10 Å². The molecule has 114 valence electrons. The smallest absolute Gasteiger partial charge is 0.228 e. The highest BCUT2D eigenvalue weighted by molar-refractivity contribution is 6.01. The zero-order valence-corrected chi connectivity index (χ0v) is 12.2. The summed E-state index contributed by atoms with van der Waals surface area (Å²) < 4.78 is 1.83. The Balaban J connectivity index is 1.57. The summed E-state index contributed by atoms with van der Waals surface area (Å²) in [5.41, 5.74) is 1.61. The van der Waals surface area contributed by atoms with E-state index < -0.39 is 5.92 Å². The molecule has 1 aromatic heterocycles. The van der Waals surface area contributed by atoms with Gasteiger partial charge < -0.3 is 10.6 Å². The monoisotopic (exact) mass is 298 g/mol. The van der Waals surface area contributed by atoms with Gasteiger partial charge in [-0.05, 0) is 24.1 Å². The SMILES string of the molecule is O=C1C[C@@H](C(=O)NCCCn2cccn2)c2ccccc2N1. The molecule has 0 radical (unpaired) electrons. The molecule has 2 N–H and O–H groups in total. The Morgan fingerprint density at radius 1 is 1.36 bits per heavy atom. The van der Waals surface area contributed by atoms with E-state index >= 15 is 0 Å². The van der Waals surface area contributed by atoms with Gasteiger partial charge in [0.05, 0.1) is 5.92 Å². The van der Waals surface area contributed by atoms with Gasteiger partial charge in [0.15, 0.2) is 0 Å². The Labute approximate surface area is 128 Å². The van der Waals surface area contributed by atoms with E-state index in [9.17, 15) is 9.59 Å². The maximum absolute atomic E-state index is 12.4. The van der Waals surface area contributed by atoms with E-state index in [1.165, 1.54) is 0 Å². The number of hydrogen-bond donors (Lipinski definition) is 2. The Kier molecular flexibility index (Phi) is 4.18. The number of aromatic nitrogens is 2. The summed E-state index contributed by atoms with van der Waals surface area (Å²) in [6.45, 7) is 1.33. The number of carbonyl (C=O) groups excluding carboxylic acids is 2. The van der Waals surface area contributed by atoms with E-state index in [0.29, 0.717) is 6.54 Å². The van der Waals surface area contributed by atoms with Crippen molar-refractivity contribution >= 4 is 17.5 Å². The second-order valence-corrected chi connectivity index (χ2v) is 5.31. The van der Waals surface area contributed by atoms with Crippen LogP contribution >= 0.6 is 0 Å². The average molecular weight is 298 g/mol. The number of anilines is 1. The molecule has 0 spiro atoms. The fourth-order valence-corrected chi connectivity index (χ4v) is 2.65. The molecule has 0 bridgehead atoms. The number of benzene rings is 1. The number of carbonyl (C=O) groups is 2.